The van der Waals surface area contributed by atoms with Crippen molar-refractivity contribution in [2.75, 3.05) is 40.4 Å². The second kappa shape index (κ2) is 12.8. The molecule has 184 valence electrons. The summed E-state index contributed by atoms with van der Waals surface area (Å²) in [6.45, 7) is 0. The fourth-order valence-electron chi connectivity index (χ4n) is 3.37. The summed E-state index contributed by atoms with van der Waals surface area (Å²) >= 11 is 12.9. The van der Waals surface area contributed by atoms with Gasteiger partial charge in [-0.3, -0.25) is 4.21 Å². The zero-order valence-corrected chi connectivity index (χ0v) is 21.9. The van der Waals surface area contributed by atoms with Crippen molar-refractivity contribution in [2.45, 2.75) is 12.8 Å². The second-order valence-electron chi connectivity index (χ2n) is 7.10. The van der Waals surface area contributed by atoms with Crippen LogP contribution in [0.1, 0.15) is 44.7 Å². The molecular weight excluding hydrogens is 503 g/mol. The van der Waals surface area contributed by atoms with E-state index in [0.29, 0.717) is 35.3 Å². The largest absolute Gasteiger partial charge is 0.494 e. The van der Waals surface area contributed by atoms with Crippen LogP contribution in [-0.2, 0) is 20.3 Å². The van der Waals surface area contributed by atoms with E-state index in [9.17, 15) is 13.8 Å². The van der Waals surface area contributed by atoms with Crippen LogP contribution in [0.4, 0.5) is 0 Å². The van der Waals surface area contributed by atoms with Gasteiger partial charge in [0.15, 0.2) is 11.5 Å². The zero-order chi connectivity index (χ0) is 25.4. The molecule has 0 aliphatic heterocycles. The number of hydrogen-bond donors (Lipinski definition) is 0. The lowest BCUT2D eigenvalue weighted by molar-refractivity contribution is 0.0588. The Kier molecular flexibility index (Phi) is 10.4. The molecule has 0 fully saturated rings. The monoisotopic (exact) mass is 528 g/mol. The molecule has 10 heteroatoms. The fraction of sp³-hybridized carbons (Fsp3) is 0.333. The van der Waals surface area contributed by atoms with Crippen LogP contribution < -0.4 is 9.47 Å². The number of esters is 2. The number of hydrogen-bond acceptors (Lipinski definition) is 7. The summed E-state index contributed by atoms with van der Waals surface area (Å²) in [4.78, 5) is 24.8. The van der Waals surface area contributed by atoms with Gasteiger partial charge in [-0.25, -0.2) is 9.59 Å². The summed E-state index contributed by atoms with van der Waals surface area (Å²) in [5.41, 5.74) is 2.06. The molecule has 34 heavy (non-hydrogen) atoms. The summed E-state index contributed by atoms with van der Waals surface area (Å²) in [7, 11) is 4.39. The Hall–Kier alpha value is -2.55. The van der Waals surface area contributed by atoms with E-state index >= 15 is 0 Å². The van der Waals surface area contributed by atoms with E-state index in [-0.39, 0.29) is 32.7 Å². The van der Waals surface area contributed by atoms with Crippen LogP contribution >= 0.6 is 23.2 Å². The molecule has 7 nitrogen and oxygen atoms in total. The summed E-state index contributed by atoms with van der Waals surface area (Å²) in [5.74, 6) is -0.354. The lowest BCUT2D eigenvalue weighted by atomic mass is 9.93. The topological polar surface area (TPSA) is 88.1 Å². The van der Waals surface area contributed by atoms with Gasteiger partial charge in [0.1, 0.15) is 11.1 Å². The van der Waals surface area contributed by atoms with E-state index in [2.05, 4.69) is 0 Å². The highest BCUT2D eigenvalue weighted by molar-refractivity contribution is 7.84. The smallest absolute Gasteiger partial charge is 0.341 e. The molecule has 0 saturated heterocycles. The van der Waals surface area contributed by atoms with Gasteiger partial charge in [-0.15, -0.1) is 0 Å². The van der Waals surface area contributed by atoms with E-state index in [1.54, 1.807) is 30.5 Å². The molecule has 1 atom stereocenters. The van der Waals surface area contributed by atoms with Gasteiger partial charge < -0.3 is 18.9 Å². The van der Waals surface area contributed by atoms with E-state index in [4.69, 9.17) is 42.1 Å². The molecule has 0 saturated carbocycles. The quantitative estimate of drug-likeness (QED) is 0.310. The number of rotatable bonds is 10. The Labute approximate surface area is 211 Å². The molecule has 2 rings (SSSR count). The highest BCUT2D eigenvalue weighted by Crippen LogP contribution is 2.38. The lowest BCUT2D eigenvalue weighted by Gasteiger charge is -2.17. The van der Waals surface area contributed by atoms with E-state index in [1.165, 1.54) is 28.4 Å². The van der Waals surface area contributed by atoms with E-state index < -0.39 is 22.7 Å². The van der Waals surface area contributed by atoms with Crippen molar-refractivity contribution < 1.29 is 32.7 Å². The molecule has 0 aliphatic rings. The molecule has 0 bridgehead atoms. The molecule has 1 unspecified atom stereocenters. The first kappa shape index (κ1) is 27.7. The molecule has 0 N–H and O–H groups in total. The summed E-state index contributed by atoms with van der Waals surface area (Å²) < 4.78 is 31.8. The van der Waals surface area contributed by atoms with Crippen LogP contribution in [0.5, 0.6) is 11.5 Å². The average Bonchev–Trinajstić information content (AvgIpc) is 2.81. The number of carbonyl (C=O) groups is 2. The van der Waals surface area contributed by atoms with Crippen LogP contribution in [-0.4, -0.2) is 56.6 Å². The van der Waals surface area contributed by atoms with Gasteiger partial charge in [0.05, 0.1) is 38.5 Å². The van der Waals surface area contributed by atoms with Crippen molar-refractivity contribution in [1.82, 2.24) is 0 Å². The predicted molar refractivity (Wildman–Crippen MR) is 134 cm³/mol. The molecule has 0 aliphatic carbocycles. The van der Waals surface area contributed by atoms with Gasteiger partial charge in [-0.1, -0.05) is 29.3 Å². The number of carbonyl (C=O) groups excluding carboxylic acids is 2. The minimum atomic E-state index is -0.934. The number of ether oxygens (including phenoxy) is 4. The first-order valence-corrected chi connectivity index (χ1v) is 12.6. The molecule has 0 aromatic heterocycles. The number of methoxy groups -OCH3 is 4. The maximum atomic E-state index is 12.4. The summed E-state index contributed by atoms with van der Waals surface area (Å²) in [6, 6.07) is 6.48. The van der Waals surface area contributed by atoms with Crippen LogP contribution in [0.15, 0.2) is 30.3 Å². The third-order valence-electron chi connectivity index (χ3n) is 4.91. The molecular formula is C24H26Cl2O7S. The zero-order valence-electron chi connectivity index (χ0n) is 19.5. The van der Waals surface area contributed by atoms with Gasteiger partial charge in [-0.05, 0) is 53.8 Å². The lowest BCUT2D eigenvalue weighted by Crippen LogP contribution is -2.07. The normalized spacial score (nSPS) is 11.4. The maximum absolute atomic E-state index is 12.4. The minimum Gasteiger partial charge on any atom is -0.494 e. The molecule has 2 aromatic rings. The Morgan fingerprint density at radius 3 is 1.65 bits per heavy atom. The molecule has 0 radical (unpaired) electrons. The Morgan fingerprint density at radius 2 is 1.29 bits per heavy atom. The number of halogens is 2. The predicted octanol–water partition coefficient (Wildman–Crippen LogP) is 5.17. The van der Waals surface area contributed by atoms with Crippen molar-refractivity contribution in [3.05, 3.63) is 62.6 Å². The number of unbranched alkanes of at least 4 members (excludes halogenated alkanes) is 1. The molecule has 0 amide bonds. The first-order valence-electron chi connectivity index (χ1n) is 10.1. The maximum Gasteiger partial charge on any atom is 0.341 e. The Morgan fingerprint density at radius 1 is 0.853 bits per heavy atom. The van der Waals surface area contributed by atoms with Gasteiger partial charge in [0.2, 0.25) is 0 Å². The SMILES string of the molecule is COC(=O)c1cc(C(=CCCCS(C)=O)c2cc(Cl)c(OC)c(C(=O)OC)c2)cc(Cl)c1OC. The summed E-state index contributed by atoms with van der Waals surface area (Å²) in [6.07, 6.45) is 4.78. The van der Waals surface area contributed by atoms with Crippen molar-refractivity contribution in [1.29, 1.82) is 0 Å². The van der Waals surface area contributed by atoms with E-state index in [0.717, 1.165) is 0 Å². The van der Waals surface area contributed by atoms with Gasteiger partial charge in [0, 0.05) is 22.8 Å². The average molecular weight is 529 g/mol. The second-order valence-corrected chi connectivity index (χ2v) is 9.47. The molecule has 2 aromatic carbocycles. The molecule has 0 heterocycles. The van der Waals surface area contributed by atoms with Gasteiger partial charge >= 0.3 is 11.9 Å². The third kappa shape index (κ3) is 6.52. The summed E-state index contributed by atoms with van der Waals surface area (Å²) in [5, 5.41) is 0.405. The fourth-order valence-corrected chi connectivity index (χ4v) is 4.54. The van der Waals surface area contributed by atoms with E-state index in [1.807, 2.05) is 6.08 Å². The molecule has 0 spiro atoms. The van der Waals surface area contributed by atoms with Crippen LogP contribution in [0.2, 0.25) is 10.0 Å². The highest BCUT2D eigenvalue weighted by Gasteiger charge is 2.22. The first-order chi connectivity index (χ1) is 16.2. The van der Waals surface area contributed by atoms with Crippen molar-refractivity contribution in [3.8, 4) is 11.5 Å². The minimum absolute atomic E-state index is 0.140. The van der Waals surface area contributed by atoms with Crippen LogP contribution in [0, 0.1) is 0 Å². The number of allylic oxidation sites excluding steroid dienone is 1. The van der Waals surface area contributed by atoms with Crippen molar-refractivity contribution >= 4 is 51.5 Å². The van der Waals surface area contributed by atoms with Gasteiger partial charge in [0.25, 0.3) is 0 Å². The van der Waals surface area contributed by atoms with Crippen molar-refractivity contribution in [2.24, 2.45) is 0 Å². The third-order valence-corrected chi connectivity index (χ3v) is 6.34. The Balaban J connectivity index is 2.76. The number of benzene rings is 2. The standard InChI is InChI=1S/C24H26Cl2O7S/c1-30-21-17(23(27)32-3)10-14(12-19(21)25)16(8-6-7-9-34(5)29)15-11-18(24(28)33-4)22(31-2)20(26)13-15/h8,10-13H,6-7,9H2,1-5H3. The van der Waals surface area contributed by atoms with Gasteiger partial charge in [-0.2, -0.15) is 0 Å². The highest BCUT2D eigenvalue weighted by atomic mass is 35.5. The Bertz CT molecular complexity index is 1050. The van der Waals surface area contributed by atoms with Crippen molar-refractivity contribution in [3.63, 3.8) is 0 Å². The van der Waals surface area contributed by atoms with Crippen LogP contribution in [0.3, 0.4) is 0 Å². The van der Waals surface area contributed by atoms with Crippen LogP contribution in [0.25, 0.3) is 5.57 Å².